The Bertz CT molecular complexity index is 1150. The number of ether oxygens (including phenoxy) is 4. The summed E-state index contributed by atoms with van der Waals surface area (Å²) in [5.74, 6) is 0.868. The highest BCUT2D eigenvalue weighted by molar-refractivity contribution is 5.95. The van der Waals surface area contributed by atoms with Crippen LogP contribution < -0.4 is 30.0 Å². The summed E-state index contributed by atoms with van der Waals surface area (Å²) in [7, 11) is 2.84. The summed E-state index contributed by atoms with van der Waals surface area (Å²) in [6.45, 7) is 3.87. The number of aryl methyl sites for hydroxylation is 2. The van der Waals surface area contributed by atoms with Gasteiger partial charge in [-0.15, -0.1) is 0 Å². The van der Waals surface area contributed by atoms with E-state index in [2.05, 4.69) is 10.3 Å². The minimum Gasteiger partial charge on any atom is -0.493 e. The molecule has 0 bridgehead atoms. The van der Waals surface area contributed by atoms with Crippen molar-refractivity contribution in [1.29, 1.82) is 0 Å². The van der Waals surface area contributed by atoms with Crippen LogP contribution in [0.4, 0.5) is 0 Å². The van der Waals surface area contributed by atoms with E-state index in [0.717, 1.165) is 22.4 Å². The third-order valence-corrected chi connectivity index (χ3v) is 4.89. The number of primary amides is 1. The van der Waals surface area contributed by atoms with Crippen LogP contribution in [0.3, 0.4) is 0 Å². The number of carbonyl (C=O) groups is 2. The van der Waals surface area contributed by atoms with Crippen molar-refractivity contribution in [3.63, 3.8) is 0 Å². The molecule has 2 amide bonds. The molecule has 1 heterocycles. The monoisotopic (exact) mass is 465 g/mol. The quantitative estimate of drug-likeness (QED) is 0.471. The highest BCUT2D eigenvalue weighted by atomic mass is 16.5. The van der Waals surface area contributed by atoms with Crippen LogP contribution >= 0.6 is 0 Å². The minimum absolute atomic E-state index is 0.184. The summed E-state index contributed by atoms with van der Waals surface area (Å²) in [6, 6.07) is 12.5. The third-order valence-electron chi connectivity index (χ3n) is 4.89. The predicted molar refractivity (Wildman–Crippen MR) is 126 cm³/mol. The molecule has 0 saturated heterocycles. The van der Waals surface area contributed by atoms with Gasteiger partial charge in [0.25, 0.3) is 11.8 Å². The molecular formula is C25H27N3O6. The van der Waals surface area contributed by atoms with Crippen LogP contribution in [0.25, 0.3) is 0 Å². The summed E-state index contributed by atoms with van der Waals surface area (Å²) in [5, 5.41) is 2.83. The minimum atomic E-state index is -0.648. The average Bonchev–Trinajstić information content (AvgIpc) is 2.83. The molecule has 3 aromatic rings. The molecule has 9 nitrogen and oxygen atoms in total. The summed E-state index contributed by atoms with van der Waals surface area (Å²) in [4.78, 5) is 28.1. The lowest BCUT2D eigenvalue weighted by Gasteiger charge is -2.15. The zero-order chi connectivity index (χ0) is 24.7. The maximum atomic E-state index is 12.7. The van der Waals surface area contributed by atoms with Gasteiger partial charge in [0.1, 0.15) is 5.75 Å². The first-order chi connectivity index (χ1) is 16.3. The van der Waals surface area contributed by atoms with Gasteiger partial charge in [0, 0.05) is 24.4 Å². The van der Waals surface area contributed by atoms with E-state index in [0.29, 0.717) is 11.4 Å². The first kappa shape index (κ1) is 24.4. The first-order valence-electron chi connectivity index (χ1n) is 10.5. The number of pyridine rings is 1. The van der Waals surface area contributed by atoms with Crippen molar-refractivity contribution in [1.82, 2.24) is 10.3 Å². The second kappa shape index (κ2) is 11.0. The lowest BCUT2D eigenvalue weighted by atomic mass is 10.1. The van der Waals surface area contributed by atoms with Crippen LogP contribution in [-0.2, 0) is 11.3 Å². The summed E-state index contributed by atoms with van der Waals surface area (Å²) >= 11 is 0. The summed E-state index contributed by atoms with van der Waals surface area (Å²) in [5.41, 5.74) is 8.33. The number of aromatic nitrogens is 1. The molecule has 0 spiro atoms. The standard InChI is InChI=1S/C25H27N3O6/c1-15-5-6-16(2)19(9-15)34-23-8-7-17(12-27-23)13-28-25(30)18-10-20(31-3)24(21(11-18)32-4)33-14-22(26)29/h5-12H,13-14H2,1-4H3,(H2,26,29)(H,28,30). The van der Waals surface area contributed by atoms with E-state index < -0.39 is 5.91 Å². The Labute approximate surface area is 197 Å². The van der Waals surface area contributed by atoms with Gasteiger partial charge in [0.05, 0.1) is 14.2 Å². The maximum Gasteiger partial charge on any atom is 0.255 e. The molecule has 0 fully saturated rings. The number of amides is 2. The van der Waals surface area contributed by atoms with Crippen molar-refractivity contribution in [2.45, 2.75) is 20.4 Å². The van der Waals surface area contributed by atoms with E-state index in [4.69, 9.17) is 24.7 Å². The van der Waals surface area contributed by atoms with Gasteiger partial charge in [-0.3, -0.25) is 9.59 Å². The molecule has 0 aliphatic carbocycles. The van der Waals surface area contributed by atoms with E-state index >= 15 is 0 Å². The van der Waals surface area contributed by atoms with Gasteiger partial charge in [0.2, 0.25) is 11.6 Å². The molecule has 0 aliphatic rings. The second-order valence-corrected chi connectivity index (χ2v) is 7.52. The number of nitrogens with zero attached hydrogens (tertiary/aromatic N) is 1. The van der Waals surface area contributed by atoms with Crippen LogP contribution in [0.5, 0.6) is 28.9 Å². The Balaban J connectivity index is 1.67. The van der Waals surface area contributed by atoms with Crippen LogP contribution in [0.2, 0.25) is 0 Å². The number of hydrogen-bond donors (Lipinski definition) is 2. The largest absolute Gasteiger partial charge is 0.493 e. The molecule has 0 saturated carbocycles. The van der Waals surface area contributed by atoms with Gasteiger partial charge in [-0.2, -0.15) is 0 Å². The molecule has 178 valence electrons. The number of methoxy groups -OCH3 is 2. The average molecular weight is 466 g/mol. The molecule has 3 N–H and O–H groups in total. The molecule has 1 aromatic heterocycles. The van der Waals surface area contributed by atoms with E-state index in [1.54, 1.807) is 12.3 Å². The van der Waals surface area contributed by atoms with E-state index in [1.165, 1.54) is 26.4 Å². The van der Waals surface area contributed by atoms with Gasteiger partial charge in [-0.05, 0) is 48.7 Å². The number of hydrogen-bond acceptors (Lipinski definition) is 7. The Morgan fingerprint density at radius 3 is 2.26 bits per heavy atom. The van der Waals surface area contributed by atoms with Gasteiger partial charge >= 0.3 is 0 Å². The highest BCUT2D eigenvalue weighted by Gasteiger charge is 2.18. The number of nitrogens with two attached hydrogens (primary N) is 1. The smallest absolute Gasteiger partial charge is 0.255 e. The summed E-state index contributed by atoms with van der Waals surface area (Å²) in [6.07, 6.45) is 1.64. The molecule has 0 radical (unpaired) electrons. The fraction of sp³-hybridized carbons (Fsp3) is 0.240. The topological polar surface area (TPSA) is 122 Å². The fourth-order valence-electron chi connectivity index (χ4n) is 3.09. The molecule has 0 atom stereocenters. The Kier molecular flexibility index (Phi) is 7.92. The summed E-state index contributed by atoms with van der Waals surface area (Å²) < 4.78 is 21.8. The Hall–Kier alpha value is -4.27. The number of carbonyl (C=O) groups excluding carboxylic acids is 2. The number of rotatable bonds is 10. The van der Waals surface area contributed by atoms with Gasteiger partial charge < -0.3 is 30.0 Å². The third kappa shape index (κ3) is 6.16. The zero-order valence-corrected chi connectivity index (χ0v) is 19.5. The van der Waals surface area contributed by atoms with E-state index in [9.17, 15) is 9.59 Å². The maximum absolute atomic E-state index is 12.7. The zero-order valence-electron chi connectivity index (χ0n) is 19.5. The molecule has 0 aliphatic heterocycles. The number of benzene rings is 2. The van der Waals surface area contributed by atoms with Crippen LogP contribution in [0, 0.1) is 13.8 Å². The van der Waals surface area contributed by atoms with Gasteiger partial charge in [-0.25, -0.2) is 4.98 Å². The van der Waals surface area contributed by atoms with Crippen molar-refractivity contribution < 1.29 is 28.5 Å². The van der Waals surface area contributed by atoms with Crippen LogP contribution in [0.15, 0.2) is 48.7 Å². The highest BCUT2D eigenvalue weighted by Crippen LogP contribution is 2.38. The normalized spacial score (nSPS) is 10.4. The van der Waals surface area contributed by atoms with Crippen molar-refractivity contribution in [3.8, 4) is 28.9 Å². The van der Waals surface area contributed by atoms with Crippen LogP contribution in [0.1, 0.15) is 27.0 Å². The lowest BCUT2D eigenvalue weighted by molar-refractivity contribution is -0.120. The van der Waals surface area contributed by atoms with E-state index in [-0.39, 0.29) is 36.3 Å². The second-order valence-electron chi connectivity index (χ2n) is 7.52. The SMILES string of the molecule is COc1cc(C(=O)NCc2ccc(Oc3cc(C)ccc3C)nc2)cc(OC)c1OCC(N)=O. The Morgan fingerprint density at radius 2 is 1.68 bits per heavy atom. The number of nitrogens with one attached hydrogen (secondary N) is 1. The molecule has 0 unspecified atom stereocenters. The molecule has 9 heteroatoms. The van der Waals surface area contributed by atoms with Crippen molar-refractivity contribution >= 4 is 11.8 Å². The fourth-order valence-corrected chi connectivity index (χ4v) is 3.09. The molecule has 2 aromatic carbocycles. The van der Waals surface area contributed by atoms with Crippen molar-refractivity contribution in [2.24, 2.45) is 5.73 Å². The Morgan fingerprint density at radius 1 is 0.971 bits per heavy atom. The van der Waals surface area contributed by atoms with Crippen molar-refractivity contribution in [3.05, 3.63) is 70.9 Å². The van der Waals surface area contributed by atoms with Gasteiger partial charge in [0.15, 0.2) is 18.1 Å². The van der Waals surface area contributed by atoms with E-state index in [1.807, 2.05) is 38.1 Å². The lowest BCUT2D eigenvalue weighted by Crippen LogP contribution is -2.23. The molecular weight excluding hydrogens is 438 g/mol. The molecule has 34 heavy (non-hydrogen) atoms. The predicted octanol–water partition coefficient (Wildman–Crippen LogP) is 3.30. The first-order valence-corrected chi connectivity index (χ1v) is 10.5. The van der Waals surface area contributed by atoms with Crippen molar-refractivity contribution in [2.75, 3.05) is 20.8 Å². The molecule has 3 rings (SSSR count). The van der Waals surface area contributed by atoms with Crippen LogP contribution in [-0.4, -0.2) is 37.6 Å². The van der Waals surface area contributed by atoms with Gasteiger partial charge in [-0.1, -0.05) is 18.2 Å².